The summed E-state index contributed by atoms with van der Waals surface area (Å²) in [6.45, 7) is 3.73. The van der Waals surface area contributed by atoms with Crippen molar-refractivity contribution in [2.45, 2.75) is 19.3 Å². The smallest absolute Gasteiger partial charge is 0.178 e. The van der Waals surface area contributed by atoms with Crippen molar-refractivity contribution in [3.05, 3.63) is 48.6 Å². The molecule has 0 atom stereocenters. The lowest BCUT2D eigenvalue weighted by molar-refractivity contribution is -0.110. The van der Waals surface area contributed by atoms with Crippen LogP contribution in [-0.2, 0) is 4.79 Å². The molecule has 1 heteroatoms. The number of carbonyl (C=O) groups excluding carboxylic acids is 1. The molecule has 0 heterocycles. The molecule has 0 aromatic carbocycles. The second-order valence-corrected chi connectivity index (χ2v) is 3.89. The van der Waals surface area contributed by atoms with Crippen LogP contribution in [0, 0.1) is 5.41 Å². The number of allylic oxidation sites excluding steroid dienone is 7. The van der Waals surface area contributed by atoms with E-state index in [1.54, 1.807) is 12.2 Å². The van der Waals surface area contributed by atoms with E-state index in [0.717, 1.165) is 12.8 Å². The standard InChI is InChI=1S/C13H14O/c1-2-4-11-5-3-8-13(11)9-6-12(14)7-10-13/h2,4,6-7,9-10H,1,3,5,8H2/b11-4+. The van der Waals surface area contributed by atoms with Gasteiger partial charge in [0.15, 0.2) is 5.78 Å². The van der Waals surface area contributed by atoms with Crippen LogP contribution in [-0.4, -0.2) is 5.78 Å². The van der Waals surface area contributed by atoms with Gasteiger partial charge in [-0.05, 0) is 31.4 Å². The van der Waals surface area contributed by atoms with Crippen molar-refractivity contribution in [3.63, 3.8) is 0 Å². The Morgan fingerprint density at radius 1 is 1.36 bits per heavy atom. The maximum atomic E-state index is 11.1. The average molecular weight is 186 g/mol. The van der Waals surface area contributed by atoms with Crippen molar-refractivity contribution in [3.8, 4) is 0 Å². The first-order valence-corrected chi connectivity index (χ1v) is 5.01. The van der Waals surface area contributed by atoms with Gasteiger partial charge in [0.05, 0.1) is 0 Å². The molecule has 0 bridgehead atoms. The summed E-state index contributed by atoms with van der Waals surface area (Å²) in [5.41, 5.74) is 1.41. The number of rotatable bonds is 1. The van der Waals surface area contributed by atoms with Gasteiger partial charge in [-0.15, -0.1) is 0 Å². The average Bonchev–Trinajstić information content (AvgIpc) is 2.56. The van der Waals surface area contributed by atoms with E-state index in [0.29, 0.717) is 0 Å². The Balaban J connectivity index is 2.36. The van der Waals surface area contributed by atoms with Crippen molar-refractivity contribution >= 4 is 5.78 Å². The molecule has 0 aliphatic heterocycles. The molecular weight excluding hydrogens is 172 g/mol. The molecule has 1 spiro atoms. The lowest BCUT2D eigenvalue weighted by atomic mass is 9.79. The topological polar surface area (TPSA) is 17.1 Å². The minimum Gasteiger partial charge on any atom is -0.290 e. The third kappa shape index (κ3) is 1.39. The zero-order valence-electron chi connectivity index (χ0n) is 8.20. The lowest BCUT2D eigenvalue weighted by Gasteiger charge is -2.25. The Labute approximate surface area is 84.5 Å². The Morgan fingerprint density at radius 2 is 2.07 bits per heavy atom. The van der Waals surface area contributed by atoms with Crippen molar-refractivity contribution in [1.29, 1.82) is 0 Å². The summed E-state index contributed by atoms with van der Waals surface area (Å²) in [5.74, 6) is 0.0977. The second kappa shape index (κ2) is 3.41. The third-order valence-electron chi connectivity index (χ3n) is 3.04. The minimum atomic E-state index is 0.0299. The number of hydrogen-bond acceptors (Lipinski definition) is 1. The van der Waals surface area contributed by atoms with Gasteiger partial charge < -0.3 is 0 Å². The summed E-state index contributed by atoms with van der Waals surface area (Å²) in [6.07, 6.45) is 14.8. The maximum absolute atomic E-state index is 11.1. The van der Waals surface area contributed by atoms with Crippen molar-refractivity contribution in [1.82, 2.24) is 0 Å². The molecule has 0 N–H and O–H groups in total. The summed E-state index contributed by atoms with van der Waals surface area (Å²) in [6, 6.07) is 0. The Hall–Kier alpha value is -1.37. The molecule has 2 aliphatic carbocycles. The van der Waals surface area contributed by atoms with E-state index >= 15 is 0 Å². The predicted molar refractivity (Wildman–Crippen MR) is 57.9 cm³/mol. The van der Waals surface area contributed by atoms with Crippen molar-refractivity contribution in [2.75, 3.05) is 0 Å². The van der Waals surface area contributed by atoms with E-state index in [1.807, 2.05) is 18.2 Å². The fourth-order valence-corrected chi connectivity index (χ4v) is 2.30. The largest absolute Gasteiger partial charge is 0.290 e. The fraction of sp³-hybridized carbons (Fsp3) is 0.308. The van der Waals surface area contributed by atoms with Crippen LogP contribution >= 0.6 is 0 Å². The van der Waals surface area contributed by atoms with Gasteiger partial charge in [-0.25, -0.2) is 0 Å². The van der Waals surface area contributed by atoms with Gasteiger partial charge in [-0.2, -0.15) is 0 Å². The van der Waals surface area contributed by atoms with E-state index in [2.05, 4.69) is 12.7 Å². The second-order valence-electron chi connectivity index (χ2n) is 3.89. The summed E-state index contributed by atoms with van der Waals surface area (Å²) < 4.78 is 0. The van der Waals surface area contributed by atoms with E-state index < -0.39 is 0 Å². The third-order valence-corrected chi connectivity index (χ3v) is 3.04. The maximum Gasteiger partial charge on any atom is 0.178 e. The van der Waals surface area contributed by atoms with E-state index in [4.69, 9.17) is 0 Å². The first kappa shape index (κ1) is 9.20. The molecule has 1 saturated carbocycles. The molecule has 2 aliphatic rings. The van der Waals surface area contributed by atoms with E-state index in [1.165, 1.54) is 12.0 Å². The van der Waals surface area contributed by atoms with E-state index in [9.17, 15) is 4.79 Å². The van der Waals surface area contributed by atoms with Crippen LogP contribution in [0.25, 0.3) is 0 Å². The van der Waals surface area contributed by atoms with Crippen molar-refractivity contribution in [2.24, 2.45) is 5.41 Å². The highest BCUT2D eigenvalue weighted by Gasteiger charge is 2.34. The zero-order chi connectivity index (χ0) is 10.0. The van der Waals surface area contributed by atoms with Gasteiger partial charge in [-0.1, -0.05) is 36.5 Å². The van der Waals surface area contributed by atoms with Gasteiger partial charge in [0.2, 0.25) is 0 Å². The summed E-state index contributed by atoms with van der Waals surface area (Å²) in [7, 11) is 0. The molecule has 72 valence electrons. The molecule has 2 rings (SSSR count). The first-order chi connectivity index (χ1) is 6.77. The van der Waals surface area contributed by atoms with Gasteiger partial charge in [0, 0.05) is 5.41 Å². The summed E-state index contributed by atoms with van der Waals surface area (Å²) in [5, 5.41) is 0. The number of ketones is 1. The quantitative estimate of drug-likeness (QED) is 0.615. The van der Waals surface area contributed by atoms with Crippen LogP contribution in [0.15, 0.2) is 48.6 Å². The Morgan fingerprint density at radius 3 is 2.71 bits per heavy atom. The molecule has 1 nitrogen and oxygen atoms in total. The SMILES string of the molecule is C=C/C=C1\CCCC12C=CC(=O)C=C2. The molecule has 0 amide bonds. The highest BCUT2D eigenvalue weighted by Crippen LogP contribution is 2.46. The molecule has 0 aromatic rings. The van der Waals surface area contributed by atoms with Crippen LogP contribution in [0.4, 0.5) is 0 Å². The number of carbonyl (C=O) groups is 1. The van der Waals surface area contributed by atoms with Crippen molar-refractivity contribution < 1.29 is 4.79 Å². The van der Waals surface area contributed by atoms with Crippen LogP contribution < -0.4 is 0 Å². The van der Waals surface area contributed by atoms with Gasteiger partial charge in [0.1, 0.15) is 0 Å². The lowest BCUT2D eigenvalue weighted by Crippen LogP contribution is -2.16. The van der Waals surface area contributed by atoms with Gasteiger partial charge in [0.25, 0.3) is 0 Å². The predicted octanol–water partition coefficient (Wildman–Crippen LogP) is 2.96. The minimum absolute atomic E-state index is 0.0299. The van der Waals surface area contributed by atoms with Gasteiger partial charge >= 0.3 is 0 Å². The molecule has 1 fully saturated rings. The van der Waals surface area contributed by atoms with E-state index in [-0.39, 0.29) is 11.2 Å². The molecule has 0 unspecified atom stereocenters. The molecular formula is C13H14O. The number of hydrogen-bond donors (Lipinski definition) is 0. The molecule has 0 aromatic heterocycles. The van der Waals surface area contributed by atoms with Gasteiger partial charge in [-0.3, -0.25) is 4.79 Å². The monoisotopic (exact) mass is 186 g/mol. The fourth-order valence-electron chi connectivity index (χ4n) is 2.30. The normalized spacial score (nSPS) is 26.3. The highest BCUT2D eigenvalue weighted by molar-refractivity contribution is 6.00. The molecule has 0 saturated heterocycles. The van der Waals surface area contributed by atoms with Crippen LogP contribution in [0.3, 0.4) is 0 Å². The molecule has 14 heavy (non-hydrogen) atoms. The first-order valence-electron chi connectivity index (χ1n) is 5.01. The Kier molecular flexibility index (Phi) is 2.24. The Bertz CT molecular complexity index is 339. The highest BCUT2D eigenvalue weighted by atomic mass is 16.1. The summed E-state index contributed by atoms with van der Waals surface area (Å²) in [4.78, 5) is 11.1. The summed E-state index contributed by atoms with van der Waals surface area (Å²) >= 11 is 0. The van der Waals surface area contributed by atoms with Crippen LogP contribution in [0.1, 0.15) is 19.3 Å². The van der Waals surface area contributed by atoms with Crippen LogP contribution in [0.2, 0.25) is 0 Å². The zero-order valence-corrected chi connectivity index (χ0v) is 8.20. The van der Waals surface area contributed by atoms with Crippen LogP contribution in [0.5, 0.6) is 0 Å². The molecule has 0 radical (unpaired) electrons.